The number of aromatic nitrogens is 4. The van der Waals surface area contributed by atoms with Crippen LogP contribution in [0.2, 0.25) is 0 Å². The van der Waals surface area contributed by atoms with E-state index in [-0.39, 0.29) is 17.8 Å². The lowest BCUT2D eigenvalue weighted by Crippen LogP contribution is -2.36. The van der Waals surface area contributed by atoms with Gasteiger partial charge in [0.25, 0.3) is 0 Å². The van der Waals surface area contributed by atoms with Gasteiger partial charge in [-0.1, -0.05) is 0 Å². The van der Waals surface area contributed by atoms with Crippen molar-refractivity contribution >= 4 is 22.8 Å². The van der Waals surface area contributed by atoms with Crippen molar-refractivity contribution in [1.82, 2.24) is 20.2 Å². The van der Waals surface area contributed by atoms with Crippen molar-refractivity contribution < 1.29 is 13.2 Å². The largest absolute Gasteiger partial charge is 0.405 e. The number of aromatic amines is 1. The minimum Gasteiger partial charge on any atom is -0.344 e. The SMILES string of the molecule is NNc1nc(N(CC(F)(F)F)C2CC2)c2cn[nH]c2n1. The second kappa shape index (κ2) is 4.47. The molecule has 10 heteroatoms. The molecule has 2 aromatic rings. The summed E-state index contributed by atoms with van der Waals surface area (Å²) in [4.78, 5) is 9.29. The van der Waals surface area contributed by atoms with Crippen LogP contribution in [0.1, 0.15) is 12.8 Å². The molecule has 1 aliphatic carbocycles. The normalized spacial score (nSPS) is 15.6. The van der Waals surface area contributed by atoms with Gasteiger partial charge in [0, 0.05) is 6.04 Å². The summed E-state index contributed by atoms with van der Waals surface area (Å²) in [6.45, 7) is -1.06. The number of nitrogens with one attached hydrogen (secondary N) is 2. The molecule has 4 N–H and O–H groups in total. The van der Waals surface area contributed by atoms with E-state index in [1.54, 1.807) is 0 Å². The first kappa shape index (κ1) is 12.9. The van der Waals surface area contributed by atoms with E-state index in [1.165, 1.54) is 11.1 Å². The molecule has 1 fully saturated rings. The maximum absolute atomic E-state index is 12.7. The maximum Gasteiger partial charge on any atom is 0.405 e. The second-order valence-electron chi connectivity index (χ2n) is 4.62. The Kier molecular flexibility index (Phi) is 2.89. The van der Waals surface area contributed by atoms with Crippen LogP contribution in [0.25, 0.3) is 11.0 Å². The van der Waals surface area contributed by atoms with Crippen LogP contribution in [0.5, 0.6) is 0 Å². The van der Waals surface area contributed by atoms with Crippen LogP contribution < -0.4 is 16.2 Å². The zero-order valence-electron chi connectivity index (χ0n) is 10.3. The Bertz CT molecular complexity index is 619. The van der Waals surface area contributed by atoms with Crippen molar-refractivity contribution in [3.05, 3.63) is 6.20 Å². The molecule has 0 unspecified atom stereocenters. The number of nitrogens with zero attached hydrogens (tertiary/aromatic N) is 4. The monoisotopic (exact) mass is 287 g/mol. The van der Waals surface area contributed by atoms with Gasteiger partial charge in [0.2, 0.25) is 5.95 Å². The van der Waals surface area contributed by atoms with Gasteiger partial charge >= 0.3 is 6.18 Å². The number of alkyl halides is 3. The van der Waals surface area contributed by atoms with Crippen LogP contribution in [0.15, 0.2) is 6.20 Å². The predicted molar refractivity (Wildman–Crippen MR) is 65.9 cm³/mol. The average molecular weight is 287 g/mol. The van der Waals surface area contributed by atoms with Crippen molar-refractivity contribution in [1.29, 1.82) is 0 Å². The van der Waals surface area contributed by atoms with Gasteiger partial charge in [-0.25, -0.2) is 5.84 Å². The fourth-order valence-electron chi connectivity index (χ4n) is 2.06. The quantitative estimate of drug-likeness (QED) is 0.577. The van der Waals surface area contributed by atoms with Gasteiger partial charge in [-0.3, -0.25) is 10.5 Å². The third kappa shape index (κ3) is 2.46. The molecule has 0 aliphatic heterocycles. The summed E-state index contributed by atoms with van der Waals surface area (Å²) < 4.78 is 38.2. The standard InChI is InChI=1S/C10H12F3N7/c11-10(12,13)4-20(5-1-2-5)8-6-3-15-19-7(6)16-9(17-8)18-14/h3,5H,1-2,4,14H2,(H2,15,16,17,18,19). The molecule has 0 atom stereocenters. The molecule has 0 amide bonds. The Hall–Kier alpha value is -2.10. The van der Waals surface area contributed by atoms with Gasteiger partial charge in [0.05, 0.1) is 11.6 Å². The first-order valence-corrected chi connectivity index (χ1v) is 5.99. The molecule has 0 aromatic carbocycles. The first-order valence-electron chi connectivity index (χ1n) is 5.99. The van der Waals surface area contributed by atoms with Gasteiger partial charge in [-0.2, -0.15) is 28.2 Å². The van der Waals surface area contributed by atoms with E-state index in [4.69, 9.17) is 5.84 Å². The molecule has 1 saturated carbocycles. The number of rotatable bonds is 4. The lowest BCUT2D eigenvalue weighted by molar-refractivity contribution is -0.120. The molecule has 0 spiro atoms. The molecule has 20 heavy (non-hydrogen) atoms. The number of H-pyrrole nitrogens is 1. The zero-order chi connectivity index (χ0) is 14.3. The summed E-state index contributed by atoms with van der Waals surface area (Å²) >= 11 is 0. The van der Waals surface area contributed by atoms with E-state index < -0.39 is 12.7 Å². The molecule has 3 rings (SSSR count). The minimum absolute atomic E-state index is 0.0459. The average Bonchev–Trinajstić information content (AvgIpc) is 3.11. The smallest absolute Gasteiger partial charge is 0.344 e. The van der Waals surface area contributed by atoms with Gasteiger partial charge in [0.1, 0.15) is 12.4 Å². The van der Waals surface area contributed by atoms with Crippen molar-refractivity contribution in [2.75, 3.05) is 16.9 Å². The molecule has 2 aromatic heterocycles. The maximum atomic E-state index is 12.7. The summed E-state index contributed by atoms with van der Waals surface area (Å²) in [6.07, 6.45) is -1.47. The Morgan fingerprint density at radius 1 is 1.40 bits per heavy atom. The minimum atomic E-state index is -4.31. The van der Waals surface area contributed by atoms with Crippen molar-refractivity contribution in [3.8, 4) is 0 Å². The van der Waals surface area contributed by atoms with Crippen molar-refractivity contribution in [2.45, 2.75) is 25.1 Å². The Morgan fingerprint density at radius 2 is 2.15 bits per heavy atom. The molecular formula is C10H12F3N7. The molecule has 2 heterocycles. The summed E-state index contributed by atoms with van der Waals surface area (Å²) in [5, 5.41) is 6.84. The molecule has 108 valence electrons. The summed E-state index contributed by atoms with van der Waals surface area (Å²) in [6, 6.07) is -0.157. The van der Waals surface area contributed by atoms with E-state index in [9.17, 15) is 13.2 Å². The van der Waals surface area contributed by atoms with E-state index in [0.717, 1.165) is 0 Å². The lowest BCUT2D eigenvalue weighted by Gasteiger charge is -2.25. The van der Waals surface area contributed by atoms with Crippen molar-refractivity contribution in [2.24, 2.45) is 5.84 Å². The third-order valence-corrected chi connectivity index (χ3v) is 3.03. The molecular weight excluding hydrogens is 275 g/mol. The predicted octanol–water partition coefficient (Wildman–Crippen LogP) is 1.17. The van der Waals surface area contributed by atoms with E-state index in [1.807, 2.05) is 0 Å². The second-order valence-corrected chi connectivity index (χ2v) is 4.62. The fourth-order valence-corrected chi connectivity index (χ4v) is 2.06. The number of anilines is 2. The molecule has 0 radical (unpaired) electrons. The van der Waals surface area contributed by atoms with Gasteiger partial charge in [0.15, 0.2) is 5.65 Å². The Morgan fingerprint density at radius 3 is 2.75 bits per heavy atom. The van der Waals surface area contributed by atoms with Crippen LogP contribution in [0.3, 0.4) is 0 Å². The number of halogens is 3. The molecule has 1 aliphatic rings. The van der Waals surface area contributed by atoms with Crippen LogP contribution >= 0.6 is 0 Å². The number of nitrogens with two attached hydrogens (primary N) is 1. The van der Waals surface area contributed by atoms with Gasteiger partial charge in [-0.15, -0.1) is 0 Å². The van der Waals surface area contributed by atoms with E-state index >= 15 is 0 Å². The van der Waals surface area contributed by atoms with Crippen LogP contribution in [0.4, 0.5) is 24.9 Å². The fraction of sp³-hybridized carbons (Fsp3) is 0.500. The number of hydrazine groups is 1. The van der Waals surface area contributed by atoms with Crippen LogP contribution in [-0.2, 0) is 0 Å². The highest BCUT2D eigenvalue weighted by Crippen LogP contribution is 2.36. The first-order chi connectivity index (χ1) is 9.48. The van der Waals surface area contributed by atoms with Crippen LogP contribution in [0, 0.1) is 0 Å². The Balaban J connectivity index is 2.07. The highest BCUT2D eigenvalue weighted by Gasteiger charge is 2.39. The summed E-state index contributed by atoms with van der Waals surface area (Å²) in [5.41, 5.74) is 2.59. The topological polar surface area (TPSA) is 95.7 Å². The summed E-state index contributed by atoms with van der Waals surface area (Å²) in [5.74, 6) is 5.48. The Labute approximate surface area is 111 Å². The van der Waals surface area contributed by atoms with Gasteiger partial charge < -0.3 is 4.90 Å². The third-order valence-electron chi connectivity index (χ3n) is 3.03. The molecule has 0 bridgehead atoms. The van der Waals surface area contributed by atoms with Gasteiger partial charge in [-0.05, 0) is 12.8 Å². The molecule has 7 nitrogen and oxygen atoms in total. The van der Waals surface area contributed by atoms with E-state index in [0.29, 0.717) is 23.9 Å². The number of nitrogen functional groups attached to an aromatic ring is 1. The zero-order valence-corrected chi connectivity index (χ0v) is 10.3. The highest BCUT2D eigenvalue weighted by atomic mass is 19.4. The molecule has 0 saturated heterocycles. The number of hydrogen-bond acceptors (Lipinski definition) is 6. The van der Waals surface area contributed by atoms with Crippen LogP contribution in [-0.4, -0.2) is 38.9 Å². The summed E-state index contributed by atoms with van der Waals surface area (Å²) in [7, 11) is 0. The van der Waals surface area contributed by atoms with E-state index in [2.05, 4.69) is 25.6 Å². The number of fused-ring (bicyclic) bond motifs is 1. The van der Waals surface area contributed by atoms with Crippen molar-refractivity contribution in [3.63, 3.8) is 0 Å². The lowest BCUT2D eigenvalue weighted by atomic mass is 10.3. The number of hydrogen-bond donors (Lipinski definition) is 3. The highest BCUT2D eigenvalue weighted by molar-refractivity contribution is 5.87.